The Morgan fingerprint density at radius 1 is 0.863 bits per heavy atom. The fourth-order valence-electron chi connectivity index (χ4n) is 7.70. The largest absolute Gasteiger partial charge is 0.467 e. The summed E-state index contributed by atoms with van der Waals surface area (Å²) in [6.45, 7) is 4.44. The Balaban J connectivity index is 1.09. The lowest BCUT2D eigenvalue weighted by atomic mass is 9.91. The number of hydrogen-bond donors (Lipinski definition) is 1. The van der Waals surface area contributed by atoms with Crippen molar-refractivity contribution in [2.24, 2.45) is 0 Å². The van der Waals surface area contributed by atoms with Crippen molar-refractivity contribution >= 4 is 38.5 Å². The van der Waals surface area contributed by atoms with E-state index in [4.69, 9.17) is 9.47 Å². The van der Waals surface area contributed by atoms with Crippen molar-refractivity contribution in [3.63, 3.8) is 0 Å². The van der Waals surface area contributed by atoms with Crippen molar-refractivity contribution in [2.75, 3.05) is 32.7 Å². The van der Waals surface area contributed by atoms with Gasteiger partial charge in [-0.2, -0.15) is 4.31 Å². The molecule has 10 heteroatoms. The zero-order valence-corrected chi connectivity index (χ0v) is 30.2. The fraction of sp³-hybridized carbons (Fsp3) is 0.268. The number of nitrogens with zero attached hydrogens (tertiary/aromatic N) is 2. The molecule has 1 N–H and O–H groups in total. The lowest BCUT2D eigenvalue weighted by Gasteiger charge is -2.21. The van der Waals surface area contributed by atoms with E-state index in [1.165, 1.54) is 11.4 Å². The van der Waals surface area contributed by atoms with E-state index in [0.29, 0.717) is 5.39 Å². The summed E-state index contributed by atoms with van der Waals surface area (Å²) in [6.07, 6.45) is -0.562. The number of ether oxygens (including phenoxy) is 2. The normalized spacial score (nSPS) is 14.5. The number of methoxy groups -OCH3 is 1. The van der Waals surface area contributed by atoms with E-state index in [9.17, 15) is 18.0 Å². The Bertz CT molecular complexity index is 2260. The van der Waals surface area contributed by atoms with E-state index in [-0.39, 0.29) is 36.9 Å². The highest BCUT2D eigenvalue weighted by Crippen LogP contribution is 2.44. The van der Waals surface area contributed by atoms with Crippen LogP contribution in [-0.2, 0) is 43.8 Å². The van der Waals surface area contributed by atoms with Crippen molar-refractivity contribution < 1.29 is 27.5 Å². The third kappa shape index (κ3) is 6.12. The fourth-order valence-corrected chi connectivity index (χ4v) is 9.28. The molecule has 1 heterocycles. The minimum atomic E-state index is -3.86. The van der Waals surface area contributed by atoms with Crippen molar-refractivity contribution in [2.45, 2.75) is 50.2 Å². The summed E-state index contributed by atoms with van der Waals surface area (Å²) in [5, 5.41) is 4.28. The van der Waals surface area contributed by atoms with Gasteiger partial charge in [-0.1, -0.05) is 78.9 Å². The van der Waals surface area contributed by atoms with Crippen LogP contribution < -0.4 is 10.2 Å². The smallest absolute Gasteiger partial charge is 0.407 e. The molecule has 0 saturated heterocycles. The van der Waals surface area contributed by atoms with E-state index < -0.39 is 28.1 Å². The van der Waals surface area contributed by atoms with Gasteiger partial charge in [0.2, 0.25) is 10.0 Å². The minimum absolute atomic E-state index is 0.113. The molecule has 51 heavy (non-hydrogen) atoms. The van der Waals surface area contributed by atoms with E-state index in [1.54, 1.807) is 12.1 Å². The molecule has 1 amide bonds. The maximum absolute atomic E-state index is 14.2. The van der Waals surface area contributed by atoms with E-state index in [2.05, 4.69) is 17.4 Å². The summed E-state index contributed by atoms with van der Waals surface area (Å²) in [4.78, 5) is 28.4. The Labute approximate surface area is 298 Å². The molecule has 5 aromatic carbocycles. The van der Waals surface area contributed by atoms with Crippen LogP contribution in [-0.4, -0.2) is 58.6 Å². The maximum Gasteiger partial charge on any atom is 0.407 e. The van der Waals surface area contributed by atoms with Gasteiger partial charge in [-0.05, 0) is 76.1 Å². The molecule has 262 valence electrons. The van der Waals surface area contributed by atoms with Gasteiger partial charge < -0.3 is 19.7 Å². The third-order valence-corrected chi connectivity index (χ3v) is 12.2. The van der Waals surface area contributed by atoms with Crippen molar-refractivity contribution in [1.82, 2.24) is 9.62 Å². The molecule has 0 spiro atoms. The summed E-state index contributed by atoms with van der Waals surface area (Å²) in [5.74, 6) is -0.720. The molecule has 7 rings (SSSR count). The Morgan fingerprint density at radius 3 is 2.16 bits per heavy atom. The van der Waals surface area contributed by atoms with E-state index in [1.807, 2.05) is 99.6 Å². The van der Waals surface area contributed by atoms with Crippen molar-refractivity contribution in [3.05, 3.63) is 130 Å². The quantitative estimate of drug-likeness (QED) is 0.168. The molecule has 1 aliphatic carbocycles. The number of anilines is 1. The molecule has 0 radical (unpaired) electrons. The summed E-state index contributed by atoms with van der Waals surface area (Å²) in [7, 11) is 1.30. The maximum atomic E-state index is 14.2. The van der Waals surface area contributed by atoms with Crippen LogP contribution >= 0.6 is 0 Å². The van der Waals surface area contributed by atoms with Gasteiger partial charge in [0.05, 0.1) is 12.0 Å². The number of carbonyl (C=O) groups excluding carboxylic acids is 2. The average Bonchev–Trinajstić information content (AvgIpc) is 3.73. The number of aryl methyl sites for hydroxylation is 1. The van der Waals surface area contributed by atoms with Gasteiger partial charge in [-0.25, -0.2) is 18.0 Å². The van der Waals surface area contributed by atoms with Crippen LogP contribution in [0.15, 0.2) is 95.9 Å². The lowest BCUT2D eigenvalue weighted by Crippen LogP contribution is -2.43. The number of carbonyl (C=O) groups is 2. The average molecular weight is 704 g/mol. The number of hydrogen-bond acceptors (Lipinski definition) is 7. The van der Waals surface area contributed by atoms with Gasteiger partial charge in [-0.3, -0.25) is 0 Å². The summed E-state index contributed by atoms with van der Waals surface area (Å²) in [6, 6.07) is 28.3. The van der Waals surface area contributed by atoms with E-state index in [0.717, 1.165) is 61.1 Å². The predicted molar refractivity (Wildman–Crippen MR) is 198 cm³/mol. The second-order valence-electron chi connectivity index (χ2n) is 13.5. The van der Waals surface area contributed by atoms with Crippen molar-refractivity contribution in [3.8, 4) is 11.1 Å². The second kappa shape index (κ2) is 13.5. The number of esters is 1. The number of fused-ring (bicyclic) bond motifs is 5. The zero-order valence-electron chi connectivity index (χ0n) is 29.4. The van der Waals surface area contributed by atoms with Crippen LogP contribution in [0.1, 0.15) is 44.9 Å². The Hall–Kier alpha value is -5.19. The lowest BCUT2D eigenvalue weighted by molar-refractivity contribution is -0.143. The van der Waals surface area contributed by atoms with Gasteiger partial charge in [0.15, 0.2) is 0 Å². The summed E-state index contributed by atoms with van der Waals surface area (Å²) in [5.41, 5.74) is 9.85. The van der Waals surface area contributed by atoms with Gasteiger partial charge in [0, 0.05) is 56.0 Å². The monoisotopic (exact) mass is 703 g/mol. The molecule has 1 unspecified atom stereocenters. The first-order chi connectivity index (χ1) is 24.5. The number of nitrogens with one attached hydrogen (secondary N) is 1. The SMILES string of the molecule is COC(=O)C(Cc1cc(C)c2c(c1C)CN(S(=O)(=O)c1cccc3c(N(C)C)cccc13)C2)NC(=O)OCC1c2ccccc2-c2ccccc21. The molecule has 2 aliphatic rings. The molecule has 1 atom stereocenters. The summed E-state index contributed by atoms with van der Waals surface area (Å²) < 4.78 is 40.8. The number of benzene rings is 5. The highest BCUT2D eigenvalue weighted by atomic mass is 32.2. The standard InChI is InChI=1S/C41H41N3O6S/c1-25-20-27(21-37(40(45)49-5)42-41(46)50-24-36-30-14-8-6-12-28(30)29-13-7-9-15-31(29)36)26(2)35-23-44(22-34(25)35)51(47,48)39-19-11-16-32-33(39)17-10-18-38(32)43(3)4/h6-20,36-37H,21-24H2,1-5H3,(H,42,46). The number of amides is 1. The summed E-state index contributed by atoms with van der Waals surface area (Å²) >= 11 is 0. The van der Waals surface area contributed by atoms with Crippen LogP contribution in [0.4, 0.5) is 10.5 Å². The molecular weight excluding hydrogens is 663 g/mol. The van der Waals surface area contributed by atoms with Gasteiger partial charge in [0.25, 0.3) is 0 Å². The van der Waals surface area contributed by atoms with E-state index >= 15 is 0 Å². The first-order valence-corrected chi connectivity index (χ1v) is 18.4. The molecule has 1 aliphatic heterocycles. The minimum Gasteiger partial charge on any atom is -0.467 e. The highest BCUT2D eigenvalue weighted by Gasteiger charge is 2.35. The number of sulfonamides is 1. The van der Waals surface area contributed by atoms with Crippen LogP contribution in [0.3, 0.4) is 0 Å². The van der Waals surface area contributed by atoms with Gasteiger partial charge >= 0.3 is 12.1 Å². The zero-order chi connectivity index (χ0) is 36.0. The number of alkyl carbamates (subject to hydrolysis) is 1. The topological polar surface area (TPSA) is 105 Å². The third-order valence-electron chi connectivity index (χ3n) is 10.3. The van der Waals surface area contributed by atoms with Crippen LogP contribution in [0.25, 0.3) is 21.9 Å². The molecular formula is C41H41N3O6S. The van der Waals surface area contributed by atoms with Crippen LogP contribution in [0.2, 0.25) is 0 Å². The van der Waals surface area contributed by atoms with Crippen LogP contribution in [0.5, 0.6) is 0 Å². The highest BCUT2D eigenvalue weighted by molar-refractivity contribution is 7.89. The Kier molecular flexibility index (Phi) is 9.07. The number of rotatable bonds is 9. The molecule has 9 nitrogen and oxygen atoms in total. The first kappa shape index (κ1) is 34.3. The van der Waals surface area contributed by atoms with Crippen LogP contribution in [0, 0.1) is 13.8 Å². The predicted octanol–water partition coefficient (Wildman–Crippen LogP) is 6.85. The molecule has 0 aromatic heterocycles. The second-order valence-corrected chi connectivity index (χ2v) is 15.4. The van der Waals surface area contributed by atoms with Gasteiger partial charge in [0.1, 0.15) is 12.6 Å². The van der Waals surface area contributed by atoms with Crippen molar-refractivity contribution in [1.29, 1.82) is 0 Å². The van der Waals surface area contributed by atoms with Gasteiger partial charge in [-0.15, -0.1) is 0 Å². The molecule has 0 bridgehead atoms. The molecule has 0 saturated carbocycles. The Morgan fingerprint density at radius 2 is 1.49 bits per heavy atom. The molecule has 5 aromatic rings. The first-order valence-electron chi connectivity index (χ1n) is 17.0. The molecule has 0 fully saturated rings.